The van der Waals surface area contributed by atoms with Crippen LogP contribution in [0.15, 0.2) is 12.2 Å². The van der Waals surface area contributed by atoms with Crippen molar-refractivity contribution in [3.8, 4) is 0 Å². The van der Waals surface area contributed by atoms with E-state index in [9.17, 15) is 4.79 Å². The Labute approximate surface area is 66.2 Å². The van der Waals surface area contributed by atoms with Gasteiger partial charge in [0.25, 0.3) is 0 Å². The molecule has 1 saturated carbocycles. The van der Waals surface area contributed by atoms with Gasteiger partial charge in [-0.25, -0.2) is 0 Å². The molecule has 0 aromatic rings. The molecule has 0 radical (unpaired) electrons. The summed E-state index contributed by atoms with van der Waals surface area (Å²) in [4.78, 5) is 11.0. The highest BCUT2D eigenvalue weighted by Gasteiger charge is 2.45. The van der Waals surface area contributed by atoms with Gasteiger partial charge in [-0.1, -0.05) is 19.1 Å². The Kier molecular flexibility index (Phi) is 1.17. The van der Waals surface area contributed by atoms with Gasteiger partial charge in [0.05, 0.1) is 6.42 Å². The molecule has 1 heterocycles. The monoisotopic (exact) mass is 152 g/mol. The zero-order chi connectivity index (χ0) is 8.06. The largest absolute Gasteiger partial charge is 0.462 e. The van der Waals surface area contributed by atoms with Crippen molar-refractivity contribution in [2.45, 2.75) is 32.3 Å². The number of hydrogen-bond donors (Lipinski definition) is 0. The molecule has 2 atom stereocenters. The number of ether oxygens (including phenoxy) is 1. The van der Waals surface area contributed by atoms with Crippen molar-refractivity contribution < 1.29 is 9.53 Å². The molecule has 0 amide bonds. The summed E-state index contributed by atoms with van der Waals surface area (Å²) in [6.45, 7) is 6.08. The van der Waals surface area contributed by atoms with Crippen LogP contribution in [0.4, 0.5) is 0 Å². The van der Waals surface area contributed by atoms with Crippen molar-refractivity contribution in [2.75, 3.05) is 0 Å². The van der Waals surface area contributed by atoms with Gasteiger partial charge in [0.1, 0.15) is 6.10 Å². The minimum atomic E-state index is -0.0533. The fraction of sp³-hybridized carbons (Fsp3) is 0.667. The maximum Gasteiger partial charge on any atom is 0.306 e. The minimum Gasteiger partial charge on any atom is -0.462 e. The quantitative estimate of drug-likeness (QED) is 0.390. The second-order valence-corrected chi connectivity index (χ2v) is 3.86. The van der Waals surface area contributed by atoms with Crippen LogP contribution < -0.4 is 0 Å². The van der Waals surface area contributed by atoms with Crippen molar-refractivity contribution in [3.05, 3.63) is 12.2 Å². The number of carbonyl (C=O) groups is 1. The van der Waals surface area contributed by atoms with Gasteiger partial charge >= 0.3 is 5.97 Å². The summed E-state index contributed by atoms with van der Waals surface area (Å²) in [5.41, 5.74) is 1.24. The standard InChI is InChI=1S/C9H12O2/c1-6-3-7-4-9(6,2)5-8(10)11-7/h7H,1,3-5H2,2H3. The third kappa shape index (κ3) is 0.889. The van der Waals surface area contributed by atoms with Gasteiger partial charge in [-0.3, -0.25) is 4.79 Å². The second-order valence-electron chi connectivity index (χ2n) is 3.86. The van der Waals surface area contributed by atoms with Crippen molar-refractivity contribution in [3.63, 3.8) is 0 Å². The first-order valence-corrected chi connectivity index (χ1v) is 3.98. The van der Waals surface area contributed by atoms with Gasteiger partial charge in [0.2, 0.25) is 0 Å². The summed E-state index contributed by atoms with van der Waals surface area (Å²) < 4.78 is 5.11. The van der Waals surface area contributed by atoms with Gasteiger partial charge in [-0.15, -0.1) is 0 Å². The first-order valence-electron chi connectivity index (χ1n) is 3.98. The van der Waals surface area contributed by atoms with E-state index in [-0.39, 0.29) is 17.5 Å². The van der Waals surface area contributed by atoms with Crippen LogP contribution in [-0.4, -0.2) is 12.1 Å². The molecule has 0 aromatic carbocycles. The lowest BCUT2D eigenvalue weighted by Gasteiger charge is -2.28. The van der Waals surface area contributed by atoms with E-state index in [1.54, 1.807) is 0 Å². The van der Waals surface area contributed by atoms with E-state index in [2.05, 4.69) is 13.5 Å². The van der Waals surface area contributed by atoms with Crippen LogP contribution in [0.5, 0.6) is 0 Å². The van der Waals surface area contributed by atoms with E-state index in [0.29, 0.717) is 6.42 Å². The Bertz CT molecular complexity index is 232. The van der Waals surface area contributed by atoms with Gasteiger partial charge in [0, 0.05) is 11.8 Å². The fourth-order valence-electron chi connectivity index (χ4n) is 2.07. The zero-order valence-electron chi connectivity index (χ0n) is 6.72. The summed E-state index contributed by atoms with van der Waals surface area (Å²) >= 11 is 0. The predicted molar refractivity (Wildman–Crippen MR) is 41.0 cm³/mol. The van der Waals surface area contributed by atoms with Crippen LogP contribution in [0, 0.1) is 5.41 Å². The molecular formula is C9H12O2. The first kappa shape index (κ1) is 6.89. The van der Waals surface area contributed by atoms with E-state index >= 15 is 0 Å². The third-order valence-electron chi connectivity index (χ3n) is 2.84. The van der Waals surface area contributed by atoms with Gasteiger partial charge < -0.3 is 4.74 Å². The van der Waals surface area contributed by atoms with E-state index in [4.69, 9.17) is 4.74 Å². The summed E-state index contributed by atoms with van der Waals surface area (Å²) in [6.07, 6.45) is 2.52. The van der Waals surface area contributed by atoms with Gasteiger partial charge in [0.15, 0.2) is 0 Å². The normalized spacial score (nSPS) is 42.5. The summed E-state index contributed by atoms with van der Waals surface area (Å²) in [6, 6.07) is 0. The van der Waals surface area contributed by atoms with Crippen molar-refractivity contribution in [1.82, 2.24) is 0 Å². The van der Waals surface area contributed by atoms with Crippen LogP contribution in [0.2, 0.25) is 0 Å². The third-order valence-corrected chi connectivity index (χ3v) is 2.84. The lowest BCUT2D eigenvalue weighted by molar-refractivity contribution is -0.155. The van der Waals surface area contributed by atoms with Crippen LogP contribution in [0.25, 0.3) is 0 Å². The average Bonchev–Trinajstić information content (AvgIpc) is 2.02. The van der Waals surface area contributed by atoms with Crippen molar-refractivity contribution in [1.29, 1.82) is 0 Å². The second kappa shape index (κ2) is 1.87. The molecule has 2 heteroatoms. The molecule has 2 nitrogen and oxygen atoms in total. The molecule has 0 N–H and O–H groups in total. The minimum absolute atomic E-state index is 0.0533. The topological polar surface area (TPSA) is 26.3 Å². The molecule has 0 aromatic heterocycles. The maximum absolute atomic E-state index is 11.0. The van der Waals surface area contributed by atoms with E-state index in [0.717, 1.165) is 12.8 Å². The lowest BCUT2D eigenvalue weighted by atomic mass is 9.81. The molecular weight excluding hydrogens is 140 g/mol. The maximum atomic E-state index is 11.0. The lowest BCUT2D eigenvalue weighted by Crippen LogP contribution is -2.28. The van der Waals surface area contributed by atoms with E-state index in [1.807, 2.05) is 0 Å². The molecule has 60 valence electrons. The number of hydrogen-bond acceptors (Lipinski definition) is 2. The van der Waals surface area contributed by atoms with Crippen LogP contribution in [0.1, 0.15) is 26.2 Å². The average molecular weight is 152 g/mol. The fourth-order valence-corrected chi connectivity index (χ4v) is 2.07. The predicted octanol–water partition coefficient (Wildman–Crippen LogP) is 1.66. The smallest absolute Gasteiger partial charge is 0.306 e. The van der Waals surface area contributed by atoms with E-state index < -0.39 is 0 Å². The zero-order valence-corrected chi connectivity index (χ0v) is 6.72. The Balaban J connectivity index is 2.31. The summed E-state index contributed by atoms with van der Waals surface area (Å²) in [5.74, 6) is -0.0533. The molecule has 2 unspecified atom stereocenters. The summed E-state index contributed by atoms with van der Waals surface area (Å²) in [5, 5.41) is 0. The Morgan fingerprint density at radius 1 is 1.73 bits per heavy atom. The Morgan fingerprint density at radius 3 is 3.09 bits per heavy atom. The van der Waals surface area contributed by atoms with Crippen LogP contribution in [-0.2, 0) is 9.53 Å². The van der Waals surface area contributed by atoms with E-state index in [1.165, 1.54) is 5.57 Å². The highest BCUT2D eigenvalue weighted by atomic mass is 16.5. The highest BCUT2D eigenvalue weighted by molar-refractivity contribution is 5.73. The van der Waals surface area contributed by atoms with Gasteiger partial charge in [-0.05, 0) is 6.42 Å². The SMILES string of the molecule is C=C1CC2CC1(C)CC(=O)O2. The van der Waals surface area contributed by atoms with Crippen molar-refractivity contribution in [2.24, 2.45) is 5.41 Å². The molecule has 2 bridgehead atoms. The molecule has 2 rings (SSSR count). The molecule has 11 heavy (non-hydrogen) atoms. The van der Waals surface area contributed by atoms with Gasteiger partial charge in [-0.2, -0.15) is 0 Å². The Hall–Kier alpha value is -0.790. The number of carbonyl (C=O) groups excluding carboxylic acids is 1. The number of fused-ring (bicyclic) bond motifs is 2. The molecule has 1 saturated heterocycles. The van der Waals surface area contributed by atoms with Crippen molar-refractivity contribution >= 4 is 5.97 Å². The molecule has 2 fully saturated rings. The Morgan fingerprint density at radius 2 is 2.45 bits per heavy atom. The highest BCUT2D eigenvalue weighted by Crippen LogP contribution is 2.48. The van der Waals surface area contributed by atoms with Crippen LogP contribution in [0.3, 0.4) is 0 Å². The molecule has 0 spiro atoms. The molecule has 1 aliphatic carbocycles. The van der Waals surface area contributed by atoms with Crippen LogP contribution >= 0.6 is 0 Å². The molecule has 2 aliphatic rings. The first-order chi connectivity index (χ1) is 5.10. The number of esters is 1. The number of rotatable bonds is 0. The molecule has 1 aliphatic heterocycles. The summed E-state index contributed by atoms with van der Waals surface area (Å²) in [7, 11) is 0.